The van der Waals surface area contributed by atoms with Crippen molar-refractivity contribution in [1.29, 1.82) is 0 Å². The summed E-state index contributed by atoms with van der Waals surface area (Å²) in [6.07, 6.45) is 3.60. The van der Waals surface area contributed by atoms with Gasteiger partial charge in [-0.1, -0.05) is 6.08 Å². The molecule has 1 amide bonds. The second-order valence-electron chi connectivity index (χ2n) is 4.75. The third-order valence-electron chi connectivity index (χ3n) is 3.46. The zero-order valence-corrected chi connectivity index (χ0v) is 12.8. The average Bonchev–Trinajstić information content (AvgIpc) is 2.88. The van der Waals surface area contributed by atoms with Crippen LogP contribution in [-0.2, 0) is 9.59 Å². The number of allylic oxidation sites excluding steroid dienone is 1. The normalized spacial score (nSPS) is 25.2. The van der Waals surface area contributed by atoms with Crippen LogP contribution < -0.4 is 5.73 Å². The number of thiazole rings is 1. The van der Waals surface area contributed by atoms with Crippen LogP contribution in [0.3, 0.4) is 0 Å². The summed E-state index contributed by atoms with van der Waals surface area (Å²) in [6, 6.07) is -0.598. The number of aryl methyl sites for hydroxylation is 1. The molecule has 8 heteroatoms. The van der Waals surface area contributed by atoms with E-state index in [-0.39, 0.29) is 17.0 Å². The smallest absolute Gasteiger partial charge is 0.352 e. The number of fused-ring (bicyclic) bond motifs is 1. The minimum absolute atomic E-state index is 0.0452. The number of β-lactam (4-membered cyclic amide) rings is 1. The van der Waals surface area contributed by atoms with Crippen molar-refractivity contribution in [1.82, 2.24) is 9.88 Å². The Bertz CT molecular complexity index is 680. The van der Waals surface area contributed by atoms with E-state index in [0.29, 0.717) is 11.3 Å². The monoisotopic (exact) mass is 323 g/mol. The molecular formula is C13H13N3O3S2. The number of nitrogens with zero attached hydrogens (tertiary/aromatic N) is 2. The molecule has 6 nitrogen and oxygen atoms in total. The maximum atomic E-state index is 11.8. The molecule has 0 aliphatic carbocycles. The van der Waals surface area contributed by atoms with Crippen molar-refractivity contribution < 1.29 is 14.7 Å². The molecule has 3 N–H and O–H groups in total. The average molecular weight is 323 g/mol. The SMILES string of the molecule is Cc1ncsc1/C=C/C1=C(C(=O)O)N2C(=O)[C@H](N)[C@@H]2SC1. The highest BCUT2D eigenvalue weighted by Gasteiger charge is 2.51. The van der Waals surface area contributed by atoms with E-state index in [1.807, 2.05) is 13.0 Å². The van der Waals surface area contributed by atoms with Crippen molar-refractivity contribution in [3.8, 4) is 0 Å². The van der Waals surface area contributed by atoms with Crippen LogP contribution in [0.15, 0.2) is 22.9 Å². The number of aliphatic carboxylic acids is 1. The molecule has 0 radical (unpaired) electrons. The molecule has 1 aromatic heterocycles. The molecule has 110 valence electrons. The maximum Gasteiger partial charge on any atom is 0.352 e. The van der Waals surface area contributed by atoms with E-state index in [0.717, 1.165) is 10.6 Å². The summed E-state index contributed by atoms with van der Waals surface area (Å²) >= 11 is 2.98. The lowest BCUT2D eigenvalue weighted by Crippen LogP contribution is -2.68. The molecule has 1 saturated heterocycles. The molecule has 2 aliphatic heterocycles. The molecule has 0 unspecified atom stereocenters. The fraction of sp³-hybridized carbons (Fsp3) is 0.308. The molecule has 0 spiro atoms. The molecule has 0 bridgehead atoms. The zero-order valence-electron chi connectivity index (χ0n) is 11.1. The Morgan fingerprint density at radius 3 is 2.95 bits per heavy atom. The Morgan fingerprint density at radius 1 is 1.57 bits per heavy atom. The van der Waals surface area contributed by atoms with Gasteiger partial charge in [-0.25, -0.2) is 9.78 Å². The van der Waals surface area contributed by atoms with E-state index in [4.69, 9.17) is 5.73 Å². The molecular weight excluding hydrogens is 310 g/mol. The lowest BCUT2D eigenvalue weighted by Gasteiger charge is -2.47. The quantitative estimate of drug-likeness (QED) is 0.807. The van der Waals surface area contributed by atoms with E-state index in [1.54, 1.807) is 11.6 Å². The number of carboxylic acids is 1. The van der Waals surface area contributed by atoms with Crippen molar-refractivity contribution >= 4 is 41.1 Å². The molecule has 21 heavy (non-hydrogen) atoms. The topological polar surface area (TPSA) is 96.5 Å². The van der Waals surface area contributed by atoms with Gasteiger partial charge < -0.3 is 10.8 Å². The Hall–Kier alpha value is -1.64. The first kappa shape index (κ1) is 14.3. The van der Waals surface area contributed by atoms with Gasteiger partial charge in [0.25, 0.3) is 0 Å². The van der Waals surface area contributed by atoms with Gasteiger partial charge in [-0.2, -0.15) is 0 Å². The first-order valence-electron chi connectivity index (χ1n) is 6.25. The summed E-state index contributed by atoms with van der Waals surface area (Å²) in [5.74, 6) is -0.899. The minimum atomic E-state index is -1.10. The number of carbonyl (C=O) groups excluding carboxylic acids is 1. The van der Waals surface area contributed by atoms with E-state index in [9.17, 15) is 14.7 Å². The summed E-state index contributed by atoms with van der Waals surface area (Å²) in [7, 11) is 0. The van der Waals surface area contributed by atoms with Crippen molar-refractivity contribution in [3.63, 3.8) is 0 Å². The van der Waals surface area contributed by atoms with Gasteiger partial charge >= 0.3 is 5.97 Å². The van der Waals surface area contributed by atoms with Crippen LogP contribution in [0, 0.1) is 6.92 Å². The largest absolute Gasteiger partial charge is 0.477 e. The van der Waals surface area contributed by atoms with E-state index < -0.39 is 12.0 Å². The fourth-order valence-electron chi connectivity index (χ4n) is 2.32. The van der Waals surface area contributed by atoms with Gasteiger partial charge in [0, 0.05) is 10.6 Å². The van der Waals surface area contributed by atoms with Crippen molar-refractivity contribution in [2.24, 2.45) is 5.73 Å². The number of amides is 1. The summed E-state index contributed by atoms with van der Waals surface area (Å²) in [6.45, 7) is 1.90. The number of carbonyl (C=O) groups is 2. The van der Waals surface area contributed by atoms with Crippen LogP contribution in [0.4, 0.5) is 0 Å². The predicted octanol–water partition coefficient (Wildman–Crippen LogP) is 1.05. The van der Waals surface area contributed by atoms with Crippen molar-refractivity contribution in [2.75, 3.05) is 5.75 Å². The number of aromatic nitrogens is 1. The minimum Gasteiger partial charge on any atom is -0.477 e. The standard InChI is InChI=1S/C13H13N3O3S2/c1-6-8(21-5-15-6)3-2-7-4-20-12-9(14)11(17)16(12)10(7)13(18)19/h2-3,5,9,12H,4,14H2,1H3,(H,18,19)/b3-2+/t9-,12-/m0/s1. The Kier molecular flexibility index (Phi) is 3.60. The molecule has 3 rings (SSSR count). The van der Waals surface area contributed by atoms with Crippen molar-refractivity contribution in [2.45, 2.75) is 18.3 Å². The van der Waals surface area contributed by atoms with Crippen LogP contribution in [-0.4, -0.2) is 44.0 Å². The van der Waals surface area contributed by atoms with Gasteiger partial charge in [0.1, 0.15) is 17.1 Å². The van der Waals surface area contributed by atoms with Crippen LogP contribution in [0.25, 0.3) is 6.08 Å². The third-order valence-corrected chi connectivity index (χ3v) is 5.68. The van der Waals surface area contributed by atoms with Gasteiger partial charge in [-0.15, -0.1) is 23.1 Å². The number of rotatable bonds is 3. The van der Waals surface area contributed by atoms with Gasteiger partial charge in [0.2, 0.25) is 5.91 Å². The number of hydrogen-bond acceptors (Lipinski definition) is 6. The first-order chi connectivity index (χ1) is 10.0. The fourth-order valence-corrected chi connectivity index (χ4v) is 4.27. The Morgan fingerprint density at radius 2 is 2.33 bits per heavy atom. The van der Waals surface area contributed by atoms with Gasteiger partial charge in [-0.3, -0.25) is 9.69 Å². The number of hydrogen-bond donors (Lipinski definition) is 2. The summed E-state index contributed by atoms with van der Waals surface area (Å²) < 4.78 is 0. The number of thioether (sulfide) groups is 1. The highest BCUT2D eigenvalue weighted by atomic mass is 32.2. The molecule has 1 aromatic rings. The van der Waals surface area contributed by atoms with E-state index in [2.05, 4.69) is 4.98 Å². The summed E-state index contributed by atoms with van der Waals surface area (Å²) in [5.41, 5.74) is 9.01. The van der Waals surface area contributed by atoms with Gasteiger partial charge in [0.15, 0.2) is 0 Å². The molecule has 2 aliphatic rings. The molecule has 0 aromatic carbocycles. The number of carboxylic acid groups (broad SMARTS) is 1. The number of nitrogens with two attached hydrogens (primary N) is 1. The van der Waals surface area contributed by atoms with Crippen molar-refractivity contribution in [3.05, 3.63) is 33.4 Å². The van der Waals surface area contributed by atoms with Gasteiger partial charge in [-0.05, 0) is 18.6 Å². The Labute approximate surface area is 129 Å². The second-order valence-corrected chi connectivity index (χ2v) is 6.74. The van der Waals surface area contributed by atoms with E-state index >= 15 is 0 Å². The molecule has 3 heterocycles. The third kappa shape index (κ3) is 2.29. The van der Waals surface area contributed by atoms with Crippen LogP contribution >= 0.6 is 23.1 Å². The Balaban J connectivity index is 1.95. The lowest BCUT2D eigenvalue weighted by atomic mass is 10.0. The first-order valence-corrected chi connectivity index (χ1v) is 8.18. The van der Waals surface area contributed by atoms with Crippen LogP contribution in [0.1, 0.15) is 10.6 Å². The predicted molar refractivity (Wildman–Crippen MR) is 81.6 cm³/mol. The molecule has 2 atom stereocenters. The highest BCUT2D eigenvalue weighted by Crippen LogP contribution is 2.39. The summed E-state index contributed by atoms with van der Waals surface area (Å²) in [4.78, 5) is 29.7. The van der Waals surface area contributed by atoms with Crippen LogP contribution in [0.2, 0.25) is 0 Å². The maximum absolute atomic E-state index is 11.8. The zero-order chi connectivity index (χ0) is 15.1. The van der Waals surface area contributed by atoms with E-state index in [1.165, 1.54) is 28.0 Å². The lowest BCUT2D eigenvalue weighted by molar-refractivity contribution is -0.147. The van der Waals surface area contributed by atoms with Crippen LogP contribution in [0.5, 0.6) is 0 Å². The molecule has 0 saturated carbocycles. The second kappa shape index (κ2) is 5.28. The molecule has 1 fully saturated rings. The summed E-state index contributed by atoms with van der Waals surface area (Å²) in [5, 5.41) is 9.14. The van der Waals surface area contributed by atoms with Gasteiger partial charge in [0.05, 0.1) is 11.2 Å². The highest BCUT2D eigenvalue weighted by molar-refractivity contribution is 8.00.